The second-order valence-electron chi connectivity index (χ2n) is 7.62. The highest BCUT2D eigenvalue weighted by Crippen LogP contribution is 2.40. The molecule has 1 aliphatic heterocycles. The van der Waals surface area contributed by atoms with Crippen molar-refractivity contribution in [2.45, 2.75) is 43.8 Å². The summed E-state index contributed by atoms with van der Waals surface area (Å²) in [6, 6.07) is 3.14. The Morgan fingerprint density at radius 1 is 1.00 bits per heavy atom. The molecule has 29 heavy (non-hydrogen) atoms. The number of hydrogen-bond donors (Lipinski definition) is 1. The molecule has 152 valence electrons. The molecule has 1 aliphatic carbocycles. The molecule has 0 radical (unpaired) electrons. The van der Waals surface area contributed by atoms with E-state index in [1.807, 2.05) is 10.7 Å². The molecule has 1 N–H and O–H groups in total. The van der Waals surface area contributed by atoms with Gasteiger partial charge in [0.1, 0.15) is 23.4 Å². The number of anilines is 2. The molecule has 2 fully saturated rings. The van der Waals surface area contributed by atoms with E-state index in [1.165, 1.54) is 12.8 Å². The van der Waals surface area contributed by atoms with Crippen LogP contribution in [-0.4, -0.2) is 43.7 Å². The van der Waals surface area contributed by atoms with Crippen LogP contribution in [-0.2, 0) is 6.18 Å². The van der Waals surface area contributed by atoms with Crippen molar-refractivity contribution in [1.82, 2.24) is 24.6 Å². The molecule has 0 atom stereocenters. The Hall–Kier alpha value is -2.91. The van der Waals surface area contributed by atoms with Gasteiger partial charge in [-0.2, -0.15) is 18.3 Å². The number of rotatable bonds is 4. The lowest BCUT2D eigenvalue weighted by Gasteiger charge is -2.33. The first-order valence-electron chi connectivity index (χ1n) is 9.72. The highest BCUT2D eigenvalue weighted by molar-refractivity contribution is 5.69. The molecular weight excluding hydrogens is 383 g/mol. The predicted octanol–water partition coefficient (Wildman–Crippen LogP) is 3.50. The molecule has 2 aliphatic rings. The quantitative estimate of drug-likeness (QED) is 0.719. The molecule has 3 aromatic heterocycles. The summed E-state index contributed by atoms with van der Waals surface area (Å²) in [5.41, 5.74) is 1.20. The Morgan fingerprint density at radius 2 is 1.79 bits per heavy atom. The first-order valence-corrected chi connectivity index (χ1v) is 9.72. The Kier molecular flexibility index (Phi) is 4.29. The van der Waals surface area contributed by atoms with Crippen LogP contribution in [0.4, 0.5) is 24.8 Å². The molecule has 3 aromatic rings. The molecule has 4 heterocycles. The molecule has 1 saturated carbocycles. The fourth-order valence-electron chi connectivity index (χ4n) is 3.79. The zero-order valence-electron chi connectivity index (χ0n) is 15.6. The highest BCUT2D eigenvalue weighted by atomic mass is 19.4. The zero-order valence-corrected chi connectivity index (χ0v) is 15.6. The van der Waals surface area contributed by atoms with Gasteiger partial charge < -0.3 is 10.2 Å². The average molecular weight is 403 g/mol. The van der Waals surface area contributed by atoms with E-state index in [9.17, 15) is 13.2 Å². The van der Waals surface area contributed by atoms with E-state index in [4.69, 9.17) is 0 Å². The van der Waals surface area contributed by atoms with Crippen LogP contribution in [0.5, 0.6) is 0 Å². The third kappa shape index (κ3) is 3.70. The van der Waals surface area contributed by atoms with E-state index in [1.54, 1.807) is 6.20 Å². The molecule has 0 amide bonds. The number of nitrogens with zero attached hydrogens (tertiary/aromatic N) is 6. The number of fused-ring (bicyclic) bond motifs is 1. The van der Waals surface area contributed by atoms with E-state index in [0.29, 0.717) is 5.92 Å². The molecule has 10 heteroatoms. The van der Waals surface area contributed by atoms with Crippen LogP contribution in [0.3, 0.4) is 0 Å². The van der Waals surface area contributed by atoms with Crippen molar-refractivity contribution in [3.63, 3.8) is 0 Å². The van der Waals surface area contributed by atoms with E-state index < -0.39 is 11.9 Å². The van der Waals surface area contributed by atoms with Gasteiger partial charge in [0.05, 0.1) is 5.69 Å². The minimum atomic E-state index is -4.47. The van der Waals surface area contributed by atoms with Crippen LogP contribution in [0.1, 0.15) is 43.0 Å². The van der Waals surface area contributed by atoms with Gasteiger partial charge in [0.25, 0.3) is 0 Å². The Morgan fingerprint density at radius 3 is 2.52 bits per heavy atom. The summed E-state index contributed by atoms with van der Waals surface area (Å²) in [6.07, 6.45) is 4.04. The molecule has 0 bridgehead atoms. The van der Waals surface area contributed by atoms with Gasteiger partial charge >= 0.3 is 6.18 Å². The number of alkyl halides is 3. The first-order chi connectivity index (χ1) is 14.0. The van der Waals surface area contributed by atoms with E-state index in [0.717, 1.165) is 55.4 Å². The van der Waals surface area contributed by atoms with Gasteiger partial charge in [0, 0.05) is 43.5 Å². The van der Waals surface area contributed by atoms with Crippen molar-refractivity contribution in [1.29, 1.82) is 0 Å². The van der Waals surface area contributed by atoms with Crippen molar-refractivity contribution in [3.05, 3.63) is 42.2 Å². The highest BCUT2D eigenvalue weighted by Gasteiger charge is 2.33. The van der Waals surface area contributed by atoms with E-state index in [2.05, 4.69) is 36.3 Å². The molecule has 5 rings (SSSR count). The molecule has 0 aromatic carbocycles. The third-order valence-electron chi connectivity index (χ3n) is 5.49. The second kappa shape index (κ2) is 6.85. The summed E-state index contributed by atoms with van der Waals surface area (Å²) in [5, 5.41) is 7.77. The summed E-state index contributed by atoms with van der Waals surface area (Å²) < 4.78 is 40.4. The minimum Gasteiger partial charge on any atom is -0.367 e. The number of piperidine rings is 1. The number of halogens is 3. The van der Waals surface area contributed by atoms with Gasteiger partial charge in [-0.25, -0.2) is 19.5 Å². The second-order valence-corrected chi connectivity index (χ2v) is 7.62. The van der Waals surface area contributed by atoms with Crippen LogP contribution >= 0.6 is 0 Å². The predicted molar refractivity (Wildman–Crippen MR) is 101 cm³/mol. The lowest BCUT2D eigenvalue weighted by Crippen LogP contribution is -2.39. The molecule has 0 spiro atoms. The normalized spacial score (nSPS) is 18.4. The molecular formula is C19H20F3N7. The number of hydrogen-bond acceptors (Lipinski definition) is 6. The Balaban J connectivity index is 1.27. The third-order valence-corrected chi connectivity index (χ3v) is 5.49. The maximum absolute atomic E-state index is 12.8. The van der Waals surface area contributed by atoms with Gasteiger partial charge in [0.15, 0.2) is 5.82 Å². The number of aromatic nitrogens is 5. The fourth-order valence-corrected chi connectivity index (χ4v) is 3.79. The average Bonchev–Trinajstić information content (AvgIpc) is 3.46. The van der Waals surface area contributed by atoms with Crippen molar-refractivity contribution in [2.24, 2.45) is 0 Å². The fraction of sp³-hybridized carbons (Fsp3) is 0.474. The van der Waals surface area contributed by atoms with Crippen LogP contribution in [0.15, 0.2) is 30.9 Å². The number of nitrogens with one attached hydrogen (secondary N) is 1. The largest absolute Gasteiger partial charge is 0.433 e. The Bertz CT molecular complexity index is 1020. The first kappa shape index (κ1) is 18.1. The van der Waals surface area contributed by atoms with E-state index >= 15 is 0 Å². The summed E-state index contributed by atoms with van der Waals surface area (Å²) in [6.45, 7) is 1.51. The van der Waals surface area contributed by atoms with Crippen LogP contribution in [0, 0.1) is 0 Å². The van der Waals surface area contributed by atoms with Crippen molar-refractivity contribution in [2.75, 3.05) is 23.3 Å². The SMILES string of the molecule is FC(F)(F)c1cc(NC2CCN(c3nccn4nc(C5CC5)cc34)CC2)ncn1. The summed E-state index contributed by atoms with van der Waals surface area (Å²) >= 11 is 0. The molecule has 7 nitrogen and oxygen atoms in total. The minimum absolute atomic E-state index is 0.0499. The van der Waals surface area contributed by atoms with Crippen LogP contribution in [0.25, 0.3) is 5.52 Å². The van der Waals surface area contributed by atoms with Gasteiger partial charge in [-0.3, -0.25) is 0 Å². The van der Waals surface area contributed by atoms with Gasteiger partial charge in [-0.05, 0) is 31.7 Å². The van der Waals surface area contributed by atoms with Crippen LogP contribution in [0.2, 0.25) is 0 Å². The maximum atomic E-state index is 12.8. The summed E-state index contributed by atoms with van der Waals surface area (Å²) in [4.78, 5) is 14.0. The standard InChI is InChI=1S/C19H20F3N7/c20-19(21,22)16-10-17(25-11-24-16)26-13-3-6-28(7-4-13)18-15-9-14(12-1-2-12)27-29(15)8-5-23-18/h5,8-13H,1-4,6-7H2,(H,24,25,26). The Labute approximate surface area is 165 Å². The van der Waals surface area contributed by atoms with Gasteiger partial charge in [-0.1, -0.05) is 0 Å². The molecule has 1 saturated heterocycles. The van der Waals surface area contributed by atoms with E-state index in [-0.39, 0.29) is 11.9 Å². The maximum Gasteiger partial charge on any atom is 0.433 e. The summed E-state index contributed by atoms with van der Waals surface area (Å²) in [7, 11) is 0. The lowest BCUT2D eigenvalue weighted by atomic mass is 10.0. The zero-order chi connectivity index (χ0) is 20.0. The van der Waals surface area contributed by atoms with Crippen molar-refractivity contribution >= 4 is 17.2 Å². The molecule has 0 unspecified atom stereocenters. The summed E-state index contributed by atoms with van der Waals surface area (Å²) in [5.74, 6) is 1.69. The van der Waals surface area contributed by atoms with Crippen LogP contribution < -0.4 is 10.2 Å². The van der Waals surface area contributed by atoms with Crippen molar-refractivity contribution in [3.8, 4) is 0 Å². The van der Waals surface area contributed by atoms with Gasteiger partial charge in [0.2, 0.25) is 0 Å². The monoisotopic (exact) mass is 403 g/mol. The lowest BCUT2D eigenvalue weighted by molar-refractivity contribution is -0.141. The van der Waals surface area contributed by atoms with Crippen molar-refractivity contribution < 1.29 is 13.2 Å². The smallest absolute Gasteiger partial charge is 0.367 e. The topological polar surface area (TPSA) is 71.2 Å². The van der Waals surface area contributed by atoms with Gasteiger partial charge in [-0.15, -0.1) is 0 Å².